The average molecular weight is 308 g/mol. The summed E-state index contributed by atoms with van der Waals surface area (Å²) in [5, 5.41) is 19.7. The Kier molecular flexibility index (Phi) is 4.52. The van der Waals surface area contributed by atoms with Gasteiger partial charge in [0.1, 0.15) is 12.4 Å². The first kappa shape index (κ1) is 15.5. The molecule has 3 rings (SSSR count). The van der Waals surface area contributed by atoms with Crippen LogP contribution in [0.1, 0.15) is 42.0 Å². The molecule has 2 aliphatic heterocycles. The number of β-amino-alcohol motifs (C(OH)–C–C–N with tert-alkyl or cyclic N) is 1. The molecule has 3 heterocycles. The summed E-state index contributed by atoms with van der Waals surface area (Å²) in [6, 6.07) is 3.21. The summed E-state index contributed by atoms with van der Waals surface area (Å²) >= 11 is 0. The number of piperidine rings is 1. The van der Waals surface area contributed by atoms with Crippen molar-refractivity contribution < 1.29 is 19.4 Å². The number of aliphatic hydroxyl groups is 2. The number of furan rings is 1. The quantitative estimate of drug-likeness (QED) is 0.862. The van der Waals surface area contributed by atoms with Crippen molar-refractivity contribution in [1.29, 1.82) is 0 Å². The first-order valence-electron chi connectivity index (χ1n) is 8.03. The average Bonchev–Trinajstić information content (AvgIpc) is 3.18. The van der Waals surface area contributed by atoms with E-state index in [0.717, 1.165) is 13.1 Å². The fourth-order valence-corrected chi connectivity index (χ4v) is 3.37. The molecule has 0 aromatic carbocycles. The second kappa shape index (κ2) is 6.40. The summed E-state index contributed by atoms with van der Waals surface area (Å²) < 4.78 is 5.30. The molecule has 0 bridgehead atoms. The highest BCUT2D eigenvalue weighted by Crippen LogP contribution is 2.26. The third-order valence-electron chi connectivity index (χ3n) is 4.73. The van der Waals surface area contributed by atoms with Gasteiger partial charge >= 0.3 is 0 Å². The molecular formula is C16H24N2O4. The Labute approximate surface area is 130 Å². The topological polar surface area (TPSA) is 77.1 Å². The molecule has 1 aromatic rings. The van der Waals surface area contributed by atoms with Crippen molar-refractivity contribution in [2.45, 2.75) is 37.9 Å². The normalized spacial score (nSPS) is 22.2. The second-order valence-corrected chi connectivity index (χ2v) is 6.42. The summed E-state index contributed by atoms with van der Waals surface area (Å²) in [7, 11) is 0. The minimum absolute atomic E-state index is 0.164. The largest absolute Gasteiger partial charge is 0.453 e. The third-order valence-corrected chi connectivity index (χ3v) is 4.73. The molecule has 1 amide bonds. The molecule has 2 aliphatic rings. The van der Waals surface area contributed by atoms with E-state index < -0.39 is 5.60 Å². The van der Waals surface area contributed by atoms with Crippen molar-refractivity contribution in [3.63, 3.8) is 0 Å². The van der Waals surface area contributed by atoms with Gasteiger partial charge in [0.2, 0.25) is 0 Å². The van der Waals surface area contributed by atoms with Crippen LogP contribution in [0.5, 0.6) is 0 Å². The number of nitrogens with zero attached hydrogens (tertiary/aromatic N) is 2. The molecule has 0 unspecified atom stereocenters. The van der Waals surface area contributed by atoms with E-state index in [0.29, 0.717) is 38.2 Å². The van der Waals surface area contributed by atoms with Crippen LogP contribution in [-0.4, -0.2) is 64.2 Å². The summed E-state index contributed by atoms with van der Waals surface area (Å²) in [5.74, 6) is 0.489. The predicted octanol–water partition coefficient (Wildman–Crippen LogP) is 0.835. The smallest absolute Gasteiger partial charge is 0.289 e. The maximum Gasteiger partial charge on any atom is 0.289 e. The van der Waals surface area contributed by atoms with Gasteiger partial charge < -0.3 is 24.4 Å². The maximum atomic E-state index is 12.3. The van der Waals surface area contributed by atoms with Gasteiger partial charge in [0, 0.05) is 19.6 Å². The Bertz CT molecular complexity index is 514. The molecule has 22 heavy (non-hydrogen) atoms. The molecule has 0 aliphatic carbocycles. The number of rotatable bonds is 4. The number of likely N-dealkylation sites (tertiary alicyclic amines) is 2. The lowest BCUT2D eigenvalue weighted by Gasteiger charge is -2.40. The van der Waals surface area contributed by atoms with Crippen LogP contribution in [0.3, 0.4) is 0 Å². The first-order chi connectivity index (χ1) is 10.6. The SMILES string of the molecule is O=C(c1ccc(CO)o1)N1CCC(O)(CN2CCCC2)CC1. The molecule has 2 N–H and O–H groups in total. The van der Waals surface area contributed by atoms with E-state index in [4.69, 9.17) is 9.52 Å². The van der Waals surface area contributed by atoms with Crippen molar-refractivity contribution in [3.8, 4) is 0 Å². The van der Waals surface area contributed by atoms with E-state index >= 15 is 0 Å². The minimum Gasteiger partial charge on any atom is -0.453 e. The van der Waals surface area contributed by atoms with Gasteiger partial charge in [-0.3, -0.25) is 4.79 Å². The highest BCUT2D eigenvalue weighted by molar-refractivity contribution is 5.91. The summed E-state index contributed by atoms with van der Waals surface area (Å²) in [6.45, 7) is 3.73. The van der Waals surface area contributed by atoms with E-state index in [2.05, 4.69) is 4.90 Å². The highest BCUT2D eigenvalue weighted by Gasteiger charge is 2.36. The van der Waals surface area contributed by atoms with Crippen molar-refractivity contribution >= 4 is 5.91 Å². The molecule has 0 atom stereocenters. The molecular weight excluding hydrogens is 284 g/mol. The first-order valence-corrected chi connectivity index (χ1v) is 8.03. The number of aliphatic hydroxyl groups excluding tert-OH is 1. The zero-order chi connectivity index (χ0) is 15.6. The van der Waals surface area contributed by atoms with Gasteiger partial charge in [-0.05, 0) is 50.9 Å². The molecule has 1 aromatic heterocycles. The van der Waals surface area contributed by atoms with E-state index in [-0.39, 0.29) is 18.3 Å². The molecule has 2 saturated heterocycles. The van der Waals surface area contributed by atoms with Crippen LogP contribution in [0.2, 0.25) is 0 Å². The second-order valence-electron chi connectivity index (χ2n) is 6.42. The van der Waals surface area contributed by atoms with Gasteiger partial charge in [-0.2, -0.15) is 0 Å². The lowest BCUT2D eigenvalue weighted by Crippen LogP contribution is -2.51. The number of hydrogen-bond donors (Lipinski definition) is 2. The Morgan fingerprint density at radius 2 is 1.86 bits per heavy atom. The fraction of sp³-hybridized carbons (Fsp3) is 0.688. The van der Waals surface area contributed by atoms with Gasteiger partial charge in [0.05, 0.1) is 5.60 Å². The van der Waals surface area contributed by atoms with Crippen molar-refractivity contribution in [2.24, 2.45) is 0 Å². The summed E-state index contributed by atoms with van der Waals surface area (Å²) in [6.07, 6.45) is 3.63. The zero-order valence-corrected chi connectivity index (χ0v) is 12.8. The van der Waals surface area contributed by atoms with Crippen LogP contribution < -0.4 is 0 Å². The van der Waals surface area contributed by atoms with Crippen LogP contribution in [0.15, 0.2) is 16.5 Å². The molecule has 0 spiro atoms. The highest BCUT2D eigenvalue weighted by atomic mass is 16.4. The van der Waals surface area contributed by atoms with Crippen LogP contribution in [0.4, 0.5) is 0 Å². The standard InChI is InChI=1S/C16H24N2O4/c19-11-13-3-4-14(22-13)15(20)18-9-5-16(21,6-10-18)12-17-7-1-2-8-17/h3-4,19,21H,1-2,5-12H2. The fourth-order valence-electron chi connectivity index (χ4n) is 3.37. The summed E-state index contributed by atoms with van der Waals surface area (Å²) in [4.78, 5) is 16.4. The van der Waals surface area contributed by atoms with Crippen molar-refractivity contribution in [3.05, 3.63) is 23.7 Å². The van der Waals surface area contributed by atoms with Crippen LogP contribution in [-0.2, 0) is 6.61 Å². The third kappa shape index (κ3) is 3.34. The van der Waals surface area contributed by atoms with Crippen LogP contribution in [0, 0.1) is 0 Å². The molecule has 6 heteroatoms. The van der Waals surface area contributed by atoms with Gasteiger partial charge in [0.25, 0.3) is 5.91 Å². The predicted molar refractivity (Wildman–Crippen MR) is 80.4 cm³/mol. The van der Waals surface area contributed by atoms with E-state index in [1.807, 2.05) is 0 Å². The zero-order valence-electron chi connectivity index (χ0n) is 12.8. The number of amides is 1. The molecule has 0 saturated carbocycles. The van der Waals surface area contributed by atoms with Crippen molar-refractivity contribution in [2.75, 3.05) is 32.7 Å². The molecule has 2 fully saturated rings. The van der Waals surface area contributed by atoms with Gasteiger partial charge in [-0.1, -0.05) is 0 Å². The Hall–Kier alpha value is -1.37. The molecule has 6 nitrogen and oxygen atoms in total. The van der Waals surface area contributed by atoms with Crippen molar-refractivity contribution in [1.82, 2.24) is 9.80 Å². The Morgan fingerprint density at radius 1 is 1.18 bits per heavy atom. The monoisotopic (exact) mass is 308 g/mol. The molecule has 0 radical (unpaired) electrons. The Balaban J connectivity index is 1.55. The minimum atomic E-state index is -0.680. The lowest BCUT2D eigenvalue weighted by molar-refractivity contribution is -0.0372. The maximum absolute atomic E-state index is 12.3. The van der Waals surface area contributed by atoms with E-state index in [1.165, 1.54) is 12.8 Å². The van der Waals surface area contributed by atoms with E-state index in [9.17, 15) is 9.90 Å². The number of carbonyl (C=O) groups excluding carboxylic acids is 1. The van der Waals surface area contributed by atoms with Gasteiger partial charge in [-0.25, -0.2) is 0 Å². The lowest BCUT2D eigenvalue weighted by atomic mass is 9.90. The van der Waals surface area contributed by atoms with E-state index in [1.54, 1.807) is 17.0 Å². The van der Waals surface area contributed by atoms with Crippen LogP contribution in [0.25, 0.3) is 0 Å². The number of hydrogen-bond acceptors (Lipinski definition) is 5. The Morgan fingerprint density at radius 3 is 2.45 bits per heavy atom. The van der Waals surface area contributed by atoms with Gasteiger partial charge in [-0.15, -0.1) is 0 Å². The number of carbonyl (C=O) groups is 1. The summed E-state index contributed by atoms with van der Waals surface area (Å²) in [5.41, 5.74) is -0.680. The molecule has 122 valence electrons. The van der Waals surface area contributed by atoms with Gasteiger partial charge in [0.15, 0.2) is 5.76 Å². The van der Waals surface area contributed by atoms with Crippen LogP contribution >= 0.6 is 0 Å².